The molecule has 3 N–H and O–H groups in total. The Morgan fingerprint density at radius 1 is 1.32 bits per heavy atom. The summed E-state index contributed by atoms with van der Waals surface area (Å²) in [6.45, 7) is 7.59. The highest BCUT2D eigenvalue weighted by atomic mass is 16.5. The third-order valence-corrected chi connectivity index (χ3v) is 4.10. The average Bonchev–Trinajstić information content (AvgIpc) is 2.88. The third kappa shape index (κ3) is 5.19. The minimum Gasteiger partial charge on any atom is -0.461 e. The summed E-state index contributed by atoms with van der Waals surface area (Å²) in [7, 11) is 0. The number of amides is 1. The zero-order valence-corrected chi connectivity index (χ0v) is 15.2. The van der Waals surface area contributed by atoms with Crippen molar-refractivity contribution in [2.75, 3.05) is 6.61 Å². The number of hydrogen-bond acceptors (Lipinski definition) is 5. The second-order valence-electron chi connectivity index (χ2n) is 6.83. The van der Waals surface area contributed by atoms with Crippen molar-refractivity contribution in [3.05, 3.63) is 21.9 Å². The molecule has 2 heterocycles. The van der Waals surface area contributed by atoms with Crippen molar-refractivity contribution in [3.8, 4) is 0 Å². The number of H-pyrrole nitrogens is 2. The van der Waals surface area contributed by atoms with Crippen LogP contribution in [0.15, 0.2) is 4.79 Å². The average molecular weight is 353 g/mol. The first-order valence-electron chi connectivity index (χ1n) is 8.72. The van der Waals surface area contributed by atoms with Gasteiger partial charge >= 0.3 is 11.7 Å². The Morgan fingerprint density at radius 3 is 2.64 bits per heavy atom. The van der Waals surface area contributed by atoms with Gasteiger partial charge in [-0.05, 0) is 32.1 Å². The zero-order valence-electron chi connectivity index (χ0n) is 15.2. The van der Waals surface area contributed by atoms with Crippen LogP contribution in [0.2, 0.25) is 0 Å². The number of carbonyl (C=O) groups is 2. The molecule has 1 saturated heterocycles. The van der Waals surface area contributed by atoms with Gasteiger partial charge < -0.3 is 19.8 Å². The van der Waals surface area contributed by atoms with E-state index in [0.717, 1.165) is 6.42 Å². The largest absolute Gasteiger partial charge is 0.461 e. The normalized spacial score (nSPS) is 23.5. The number of nitrogens with one attached hydrogen (secondary N) is 3. The highest BCUT2D eigenvalue weighted by molar-refractivity contribution is 5.88. The number of rotatable bonds is 6. The first kappa shape index (κ1) is 19.2. The summed E-state index contributed by atoms with van der Waals surface area (Å²) in [5, 5.41) is 2.93. The van der Waals surface area contributed by atoms with E-state index in [1.54, 1.807) is 6.92 Å². The predicted octanol–water partition coefficient (Wildman–Crippen LogP) is 1.65. The van der Waals surface area contributed by atoms with Gasteiger partial charge in [0.1, 0.15) is 6.10 Å². The summed E-state index contributed by atoms with van der Waals surface area (Å²) >= 11 is 0. The van der Waals surface area contributed by atoms with E-state index in [1.807, 2.05) is 0 Å². The highest BCUT2D eigenvalue weighted by Crippen LogP contribution is 2.34. The number of aromatic amines is 2. The number of ether oxygens (including phenoxy) is 2. The van der Waals surface area contributed by atoms with Gasteiger partial charge in [0.2, 0.25) is 5.91 Å². The Kier molecular flexibility index (Phi) is 6.41. The van der Waals surface area contributed by atoms with Crippen molar-refractivity contribution < 1.29 is 19.1 Å². The summed E-state index contributed by atoms with van der Waals surface area (Å²) in [4.78, 5) is 40.4. The summed E-state index contributed by atoms with van der Waals surface area (Å²) in [5.74, 6) is -0.278. The van der Waals surface area contributed by atoms with E-state index in [4.69, 9.17) is 9.47 Å². The first-order valence-corrected chi connectivity index (χ1v) is 8.72. The van der Waals surface area contributed by atoms with Gasteiger partial charge in [-0.3, -0.25) is 9.78 Å². The molecule has 8 heteroatoms. The van der Waals surface area contributed by atoms with Gasteiger partial charge in [0.25, 0.3) is 0 Å². The van der Waals surface area contributed by atoms with Crippen LogP contribution in [0.3, 0.4) is 0 Å². The molecule has 1 amide bonds. The maximum Gasteiger partial charge on any atom is 0.356 e. The molecule has 0 aliphatic carbocycles. The van der Waals surface area contributed by atoms with Gasteiger partial charge in [-0.1, -0.05) is 13.8 Å². The topological polar surface area (TPSA) is 113 Å². The SMILES string of the molecule is CCOC(=O)c1[nH]c(=O)[nH]c1[C@@H]1C[C@H](NC(C)=O)C[C@H](CC(C)C)O1. The van der Waals surface area contributed by atoms with Crippen LogP contribution in [0, 0.1) is 5.92 Å². The maximum atomic E-state index is 12.1. The fraction of sp³-hybridized carbons (Fsp3) is 0.706. The predicted molar refractivity (Wildman–Crippen MR) is 91.3 cm³/mol. The van der Waals surface area contributed by atoms with E-state index >= 15 is 0 Å². The lowest BCUT2D eigenvalue weighted by Crippen LogP contribution is -2.43. The molecule has 2 rings (SSSR count). The van der Waals surface area contributed by atoms with E-state index in [-0.39, 0.29) is 30.4 Å². The minimum atomic E-state index is -0.596. The smallest absolute Gasteiger partial charge is 0.356 e. The van der Waals surface area contributed by atoms with Crippen molar-refractivity contribution in [1.82, 2.24) is 15.3 Å². The van der Waals surface area contributed by atoms with Crippen LogP contribution < -0.4 is 11.0 Å². The Morgan fingerprint density at radius 2 is 2.04 bits per heavy atom. The van der Waals surface area contributed by atoms with Crippen LogP contribution in [0.1, 0.15) is 69.2 Å². The van der Waals surface area contributed by atoms with E-state index in [2.05, 4.69) is 29.1 Å². The third-order valence-electron chi connectivity index (χ3n) is 4.10. The second kappa shape index (κ2) is 8.33. The molecule has 0 radical (unpaired) electrons. The van der Waals surface area contributed by atoms with Crippen molar-refractivity contribution in [1.29, 1.82) is 0 Å². The van der Waals surface area contributed by atoms with E-state index in [0.29, 0.717) is 24.5 Å². The Labute approximate surface area is 146 Å². The van der Waals surface area contributed by atoms with E-state index in [1.165, 1.54) is 6.92 Å². The van der Waals surface area contributed by atoms with Crippen LogP contribution in [-0.4, -0.2) is 40.6 Å². The molecule has 1 aromatic rings. The molecule has 1 aromatic heterocycles. The Bertz CT molecular complexity index is 663. The molecular formula is C17H27N3O5. The number of imidazole rings is 1. The van der Waals surface area contributed by atoms with Crippen LogP contribution >= 0.6 is 0 Å². The molecule has 0 unspecified atom stereocenters. The molecule has 1 aliphatic rings. The molecule has 1 aliphatic heterocycles. The molecule has 0 aromatic carbocycles. The van der Waals surface area contributed by atoms with Crippen molar-refractivity contribution in [3.63, 3.8) is 0 Å². The van der Waals surface area contributed by atoms with Crippen LogP contribution in [0.5, 0.6) is 0 Å². The summed E-state index contributed by atoms with van der Waals surface area (Å²) < 4.78 is 11.1. The van der Waals surface area contributed by atoms with Gasteiger partial charge in [-0.2, -0.15) is 0 Å². The highest BCUT2D eigenvalue weighted by Gasteiger charge is 2.35. The van der Waals surface area contributed by atoms with Gasteiger partial charge in [0.15, 0.2) is 5.69 Å². The number of esters is 1. The molecule has 0 saturated carbocycles. The summed E-state index contributed by atoms with van der Waals surface area (Å²) in [5.41, 5.74) is -0.0143. The van der Waals surface area contributed by atoms with Gasteiger partial charge in [0, 0.05) is 13.0 Å². The second-order valence-corrected chi connectivity index (χ2v) is 6.83. The molecule has 0 spiro atoms. The molecule has 8 nitrogen and oxygen atoms in total. The Hall–Kier alpha value is -2.09. The quantitative estimate of drug-likeness (QED) is 0.673. The van der Waals surface area contributed by atoms with Gasteiger partial charge in [-0.15, -0.1) is 0 Å². The van der Waals surface area contributed by atoms with Gasteiger partial charge in [0.05, 0.1) is 18.4 Å². The van der Waals surface area contributed by atoms with E-state index < -0.39 is 17.8 Å². The van der Waals surface area contributed by atoms with Crippen LogP contribution in [-0.2, 0) is 14.3 Å². The molecule has 25 heavy (non-hydrogen) atoms. The lowest BCUT2D eigenvalue weighted by atomic mass is 9.92. The van der Waals surface area contributed by atoms with Gasteiger partial charge in [-0.25, -0.2) is 9.59 Å². The fourth-order valence-electron chi connectivity index (χ4n) is 3.29. The maximum absolute atomic E-state index is 12.1. The first-order chi connectivity index (χ1) is 11.8. The molecule has 3 atom stereocenters. The van der Waals surface area contributed by atoms with E-state index in [9.17, 15) is 14.4 Å². The monoisotopic (exact) mass is 353 g/mol. The Balaban J connectivity index is 2.27. The zero-order chi connectivity index (χ0) is 18.6. The molecule has 140 valence electrons. The standard InChI is InChI=1S/C17H27N3O5/c1-5-24-16(22)15-14(19-17(23)20-15)13-8-11(18-10(4)21)7-12(25-13)6-9(2)3/h9,11-13H,5-8H2,1-4H3,(H,18,21)(H2,19,20,23)/t11-,12+,13+/m1/s1. The summed E-state index contributed by atoms with van der Waals surface area (Å²) in [6.07, 6.45) is 1.46. The summed E-state index contributed by atoms with van der Waals surface area (Å²) in [6, 6.07) is -0.0755. The number of carbonyl (C=O) groups excluding carboxylic acids is 2. The molecular weight excluding hydrogens is 326 g/mol. The van der Waals surface area contributed by atoms with Crippen LogP contribution in [0.25, 0.3) is 0 Å². The van der Waals surface area contributed by atoms with Crippen molar-refractivity contribution in [2.24, 2.45) is 5.92 Å². The molecule has 0 bridgehead atoms. The fourth-order valence-corrected chi connectivity index (χ4v) is 3.29. The molecule has 1 fully saturated rings. The number of aromatic nitrogens is 2. The number of hydrogen-bond donors (Lipinski definition) is 3. The van der Waals surface area contributed by atoms with Crippen molar-refractivity contribution >= 4 is 11.9 Å². The van der Waals surface area contributed by atoms with Crippen LogP contribution in [0.4, 0.5) is 0 Å². The minimum absolute atomic E-state index is 0.0657. The van der Waals surface area contributed by atoms with Crippen molar-refractivity contribution in [2.45, 2.75) is 65.2 Å². The lowest BCUT2D eigenvalue weighted by Gasteiger charge is -2.36. The lowest BCUT2D eigenvalue weighted by molar-refractivity contribution is -0.122.